The number of aliphatic carboxylic acids is 1. The fourth-order valence-corrected chi connectivity index (χ4v) is 1.54. The molecule has 0 fully saturated rings. The van der Waals surface area contributed by atoms with Gasteiger partial charge >= 0.3 is 12.0 Å². The van der Waals surface area contributed by atoms with E-state index in [1.807, 2.05) is 0 Å². The molecule has 1 atom stereocenters. The van der Waals surface area contributed by atoms with Gasteiger partial charge in [-0.05, 0) is 12.0 Å². The summed E-state index contributed by atoms with van der Waals surface area (Å²) in [5.74, 6) is -2.56. The average Bonchev–Trinajstić information content (AvgIpc) is 2.34. The van der Waals surface area contributed by atoms with Gasteiger partial charge in [-0.3, -0.25) is 4.79 Å². The van der Waals surface area contributed by atoms with Crippen molar-refractivity contribution in [2.75, 3.05) is 6.54 Å². The molecule has 110 valence electrons. The predicted octanol–water partition coefficient (Wildman–Crippen LogP) is 1.87. The van der Waals surface area contributed by atoms with Gasteiger partial charge in [0.1, 0.15) is 11.6 Å². The Labute approximate surface area is 115 Å². The summed E-state index contributed by atoms with van der Waals surface area (Å²) in [5, 5.41) is 13.4. The van der Waals surface area contributed by atoms with Gasteiger partial charge in [-0.25, -0.2) is 13.6 Å². The Morgan fingerprint density at radius 2 is 2.00 bits per heavy atom. The molecule has 0 aliphatic carbocycles. The first-order chi connectivity index (χ1) is 9.38. The fraction of sp³-hybridized carbons (Fsp3) is 0.385. The maximum Gasteiger partial charge on any atom is 0.315 e. The molecule has 0 saturated heterocycles. The second kappa shape index (κ2) is 7.42. The van der Waals surface area contributed by atoms with Gasteiger partial charge in [-0.15, -0.1) is 0 Å². The van der Waals surface area contributed by atoms with Crippen molar-refractivity contribution in [1.29, 1.82) is 0 Å². The Balaban J connectivity index is 2.34. The van der Waals surface area contributed by atoms with Crippen LogP contribution in [-0.4, -0.2) is 23.7 Å². The summed E-state index contributed by atoms with van der Waals surface area (Å²) in [4.78, 5) is 21.8. The second-order valence-corrected chi connectivity index (χ2v) is 4.50. The van der Waals surface area contributed by atoms with Crippen molar-refractivity contribution in [3.05, 3.63) is 35.4 Å². The lowest BCUT2D eigenvalue weighted by molar-refractivity contribution is -0.137. The average molecular weight is 286 g/mol. The molecule has 3 N–H and O–H groups in total. The van der Waals surface area contributed by atoms with Crippen LogP contribution in [0.3, 0.4) is 0 Å². The minimum Gasteiger partial charge on any atom is -0.481 e. The monoisotopic (exact) mass is 286 g/mol. The van der Waals surface area contributed by atoms with Crippen LogP contribution in [0.15, 0.2) is 18.2 Å². The van der Waals surface area contributed by atoms with E-state index in [0.29, 0.717) is 0 Å². The summed E-state index contributed by atoms with van der Waals surface area (Å²) in [7, 11) is 0. The number of hydrogen-bond acceptors (Lipinski definition) is 2. The van der Waals surface area contributed by atoms with E-state index in [1.54, 1.807) is 6.92 Å². The summed E-state index contributed by atoms with van der Waals surface area (Å²) in [6, 6.07) is 2.56. The Hall–Kier alpha value is -2.18. The van der Waals surface area contributed by atoms with Gasteiger partial charge in [0.15, 0.2) is 0 Å². The number of amides is 2. The van der Waals surface area contributed by atoms with Gasteiger partial charge in [0, 0.05) is 31.1 Å². The maximum atomic E-state index is 13.3. The molecule has 1 aromatic rings. The molecule has 0 spiro atoms. The largest absolute Gasteiger partial charge is 0.481 e. The zero-order valence-electron chi connectivity index (χ0n) is 11.0. The Bertz CT molecular complexity index is 495. The van der Waals surface area contributed by atoms with Crippen LogP contribution >= 0.6 is 0 Å². The van der Waals surface area contributed by atoms with E-state index < -0.39 is 23.6 Å². The molecule has 0 heterocycles. The molecular weight excluding hydrogens is 270 g/mol. The topological polar surface area (TPSA) is 78.4 Å². The molecule has 1 unspecified atom stereocenters. The highest BCUT2D eigenvalue weighted by Crippen LogP contribution is 2.08. The lowest BCUT2D eigenvalue weighted by Crippen LogP contribution is -2.37. The third-order valence-corrected chi connectivity index (χ3v) is 2.59. The molecule has 0 aliphatic rings. The van der Waals surface area contributed by atoms with E-state index in [0.717, 1.165) is 12.1 Å². The zero-order valence-corrected chi connectivity index (χ0v) is 11.0. The number of carboxylic acids is 1. The van der Waals surface area contributed by atoms with E-state index in [4.69, 9.17) is 5.11 Å². The smallest absolute Gasteiger partial charge is 0.315 e. The number of urea groups is 1. The second-order valence-electron chi connectivity index (χ2n) is 4.50. The van der Waals surface area contributed by atoms with Gasteiger partial charge < -0.3 is 15.7 Å². The van der Waals surface area contributed by atoms with Crippen LogP contribution < -0.4 is 10.6 Å². The number of carbonyl (C=O) groups is 2. The number of nitrogens with one attached hydrogen (secondary N) is 2. The first kappa shape index (κ1) is 15.9. The molecule has 1 rings (SSSR count). The van der Waals surface area contributed by atoms with Crippen LogP contribution in [0, 0.1) is 17.6 Å². The molecule has 0 saturated carbocycles. The van der Waals surface area contributed by atoms with Crippen LogP contribution in [0.1, 0.15) is 18.9 Å². The van der Waals surface area contributed by atoms with Crippen molar-refractivity contribution in [2.24, 2.45) is 5.92 Å². The molecule has 0 radical (unpaired) electrons. The number of benzene rings is 1. The molecule has 5 nitrogen and oxygen atoms in total. The number of carbonyl (C=O) groups excluding carboxylic acids is 1. The third kappa shape index (κ3) is 5.64. The summed E-state index contributed by atoms with van der Waals surface area (Å²) < 4.78 is 26.0. The summed E-state index contributed by atoms with van der Waals surface area (Å²) in [6.45, 7) is 1.81. The molecular formula is C13H16F2N2O3. The van der Waals surface area contributed by atoms with Crippen LogP contribution in [0.4, 0.5) is 13.6 Å². The highest BCUT2D eigenvalue weighted by Gasteiger charge is 2.10. The first-order valence-electron chi connectivity index (χ1n) is 6.06. The van der Waals surface area contributed by atoms with Crippen molar-refractivity contribution in [2.45, 2.75) is 19.9 Å². The summed E-state index contributed by atoms with van der Waals surface area (Å²) in [6.07, 6.45) is -0.0487. The highest BCUT2D eigenvalue weighted by atomic mass is 19.1. The van der Waals surface area contributed by atoms with E-state index in [9.17, 15) is 18.4 Å². The summed E-state index contributed by atoms with van der Waals surface area (Å²) in [5.41, 5.74) is 0.167. The van der Waals surface area contributed by atoms with Crippen molar-refractivity contribution < 1.29 is 23.5 Å². The van der Waals surface area contributed by atoms with Gasteiger partial charge in [0.05, 0.1) is 0 Å². The number of hydrogen-bond donors (Lipinski definition) is 3. The molecule has 7 heteroatoms. The minimum absolute atomic E-state index is 0.0487. The van der Waals surface area contributed by atoms with Crippen molar-refractivity contribution in [3.63, 3.8) is 0 Å². The van der Waals surface area contributed by atoms with Gasteiger partial charge in [-0.2, -0.15) is 0 Å². The molecule has 20 heavy (non-hydrogen) atoms. The van der Waals surface area contributed by atoms with Crippen LogP contribution in [0.5, 0.6) is 0 Å². The standard InChI is InChI=1S/C13H16F2N2O3/c1-8(4-12(18)19)6-16-13(20)17-7-9-2-3-10(14)5-11(9)15/h2-3,5,8H,4,6-7H2,1H3,(H,18,19)(H2,16,17,20). The van der Waals surface area contributed by atoms with Gasteiger partial charge in [-0.1, -0.05) is 13.0 Å². The first-order valence-corrected chi connectivity index (χ1v) is 6.06. The normalized spacial score (nSPS) is 11.8. The number of rotatable bonds is 6. The van der Waals surface area contributed by atoms with Crippen LogP contribution in [0.2, 0.25) is 0 Å². The Morgan fingerprint density at radius 1 is 1.30 bits per heavy atom. The van der Waals surface area contributed by atoms with Crippen LogP contribution in [-0.2, 0) is 11.3 Å². The molecule has 0 aliphatic heterocycles. The Morgan fingerprint density at radius 3 is 2.60 bits per heavy atom. The Kier molecular flexibility index (Phi) is 5.89. The fourth-order valence-electron chi connectivity index (χ4n) is 1.54. The van der Waals surface area contributed by atoms with Gasteiger partial charge in [0.25, 0.3) is 0 Å². The van der Waals surface area contributed by atoms with Crippen molar-refractivity contribution in [1.82, 2.24) is 10.6 Å². The quantitative estimate of drug-likeness (QED) is 0.747. The lowest BCUT2D eigenvalue weighted by atomic mass is 10.1. The number of carboxylic acid groups (broad SMARTS) is 1. The van der Waals surface area contributed by atoms with Crippen molar-refractivity contribution >= 4 is 12.0 Å². The lowest BCUT2D eigenvalue weighted by Gasteiger charge is -2.11. The van der Waals surface area contributed by atoms with Gasteiger partial charge in [0.2, 0.25) is 0 Å². The molecule has 2 amide bonds. The minimum atomic E-state index is -0.937. The molecule has 1 aromatic carbocycles. The van der Waals surface area contributed by atoms with Crippen LogP contribution in [0.25, 0.3) is 0 Å². The van der Waals surface area contributed by atoms with E-state index in [-0.39, 0.29) is 31.0 Å². The van der Waals surface area contributed by atoms with E-state index in [2.05, 4.69) is 10.6 Å². The predicted molar refractivity (Wildman–Crippen MR) is 68.0 cm³/mol. The number of halogens is 2. The van der Waals surface area contributed by atoms with E-state index in [1.165, 1.54) is 6.07 Å². The SMILES string of the molecule is CC(CNC(=O)NCc1ccc(F)cc1F)CC(=O)O. The zero-order chi connectivity index (χ0) is 15.1. The molecule has 0 bridgehead atoms. The van der Waals surface area contributed by atoms with Crippen molar-refractivity contribution in [3.8, 4) is 0 Å². The third-order valence-electron chi connectivity index (χ3n) is 2.59. The summed E-state index contributed by atoms with van der Waals surface area (Å²) >= 11 is 0. The maximum absolute atomic E-state index is 13.3. The van der Waals surface area contributed by atoms with E-state index >= 15 is 0 Å². The molecule has 0 aromatic heterocycles. The highest BCUT2D eigenvalue weighted by molar-refractivity contribution is 5.74.